The Balaban J connectivity index is 1.31. The minimum absolute atomic E-state index is 0.0490. The summed E-state index contributed by atoms with van der Waals surface area (Å²) in [5.74, 6) is 0.699. The first-order valence-corrected chi connectivity index (χ1v) is 11.3. The lowest BCUT2D eigenvalue weighted by molar-refractivity contribution is -0.0728. The molecule has 3 heterocycles. The van der Waals surface area contributed by atoms with Gasteiger partial charge in [0.05, 0.1) is 17.9 Å². The predicted molar refractivity (Wildman–Crippen MR) is 117 cm³/mol. The molecule has 2 aromatic rings. The first kappa shape index (κ1) is 20.6. The zero-order chi connectivity index (χ0) is 20.4. The fraction of sp³-hybridized carbons (Fsp3) is 0.545. The van der Waals surface area contributed by atoms with Crippen LogP contribution in [0.4, 0.5) is 0 Å². The number of aromatic amines is 1. The van der Waals surface area contributed by atoms with Crippen molar-refractivity contribution < 1.29 is 9.53 Å². The molecule has 2 fully saturated rings. The summed E-state index contributed by atoms with van der Waals surface area (Å²) in [5.41, 5.74) is 2.36. The lowest BCUT2D eigenvalue weighted by atomic mass is 9.95. The summed E-state index contributed by atoms with van der Waals surface area (Å²) < 4.78 is 6.86. The van der Waals surface area contributed by atoms with Crippen LogP contribution in [0, 0.1) is 5.92 Å². The summed E-state index contributed by atoms with van der Waals surface area (Å²) in [6.45, 7) is 9.05. The topological polar surface area (TPSA) is 61.5 Å². The standard InChI is InChI=1S/C22H29BrN4O2/c1-15-12-26(13-16(2)29-15)14-17-7-9-27(10-8-17)22(28)21-11-20(24-25-21)18-3-5-19(23)6-4-18/h3-6,11,15-17H,7-10,12-14H2,1-2H3,(H,24,25). The molecule has 0 aliphatic carbocycles. The third kappa shape index (κ3) is 5.08. The number of H-pyrrole nitrogens is 1. The van der Waals surface area contributed by atoms with E-state index >= 15 is 0 Å². The number of morpholine rings is 1. The van der Waals surface area contributed by atoms with E-state index in [0.717, 1.165) is 61.3 Å². The molecule has 6 nitrogen and oxygen atoms in total. The Morgan fingerprint density at radius 3 is 2.48 bits per heavy atom. The Bertz CT molecular complexity index is 820. The summed E-state index contributed by atoms with van der Waals surface area (Å²) in [7, 11) is 0. The van der Waals surface area contributed by atoms with Crippen molar-refractivity contribution in [3.8, 4) is 11.3 Å². The van der Waals surface area contributed by atoms with Crippen molar-refractivity contribution >= 4 is 21.8 Å². The average molecular weight is 461 g/mol. The van der Waals surface area contributed by atoms with Crippen molar-refractivity contribution in [2.45, 2.75) is 38.9 Å². The molecule has 2 aliphatic heterocycles. The number of ether oxygens (including phenoxy) is 1. The number of halogens is 1. The number of aromatic nitrogens is 2. The van der Waals surface area contributed by atoms with Crippen LogP contribution >= 0.6 is 15.9 Å². The van der Waals surface area contributed by atoms with Crippen LogP contribution in [0.5, 0.6) is 0 Å². The Morgan fingerprint density at radius 1 is 1.17 bits per heavy atom. The van der Waals surface area contributed by atoms with Gasteiger partial charge in [0.1, 0.15) is 5.69 Å². The van der Waals surface area contributed by atoms with Crippen molar-refractivity contribution in [1.29, 1.82) is 0 Å². The second-order valence-corrected chi connectivity index (χ2v) is 9.30. The third-order valence-electron chi connectivity index (χ3n) is 5.86. The summed E-state index contributed by atoms with van der Waals surface area (Å²) in [4.78, 5) is 17.4. The number of carbonyl (C=O) groups excluding carboxylic acids is 1. The number of nitrogens with one attached hydrogen (secondary N) is 1. The van der Waals surface area contributed by atoms with Crippen molar-refractivity contribution in [3.05, 3.63) is 40.5 Å². The number of nitrogens with zero attached hydrogens (tertiary/aromatic N) is 3. The zero-order valence-corrected chi connectivity index (χ0v) is 18.7. The normalized spacial score (nSPS) is 24.0. The zero-order valence-electron chi connectivity index (χ0n) is 17.1. The van der Waals surface area contributed by atoms with E-state index in [1.54, 1.807) is 0 Å². The van der Waals surface area contributed by atoms with E-state index in [1.807, 2.05) is 35.2 Å². The monoisotopic (exact) mass is 460 g/mol. The summed E-state index contributed by atoms with van der Waals surface area (Å²) in [6, 6.07) is 9.80. The second-order valence-electron chi connectivity index (χ2n) is 8.39. The first-order chi connectivity index (χ1) is 14.0. The Labute approximate surface area is 180 Å². The van der Waals surface area contributed by atoms with Crippen molar-refractivity contribution in [2.24, 2.45) is 5.92 Å². The van der Waals surface area contributed by atoms with E-state index in [9.17, 15) is 4.79 Å². The Kier molecular flexibility index (Phi) is 6.37. The van der Waals surface area contributed by atoms with Gasteiger partial charge in [-0.05, 0) is 50.8 Å². The summed E-state index contributed by atoms with van der Waals surface area (Å²) in [6.07, 6.45) is 2.72. The van der Waals surface area contributed by atoms with Gasteiger partial charge in [0.25, 0.3) is 5.91 Å². The van der Waals surface area contributed by atoms with Gasteiger partial charge in [-0.15, -0.1) is 0 Å². The van der Waals surface area contributed by atoms with Crippen LogP contribution in [0.3, 0.4) is 0 Å². The molecular weight excluding hydrogens is 432 g/mol. The quantitative estimate of drug-likeness (QED) is 0.753. The molecule has 1 amide bonds. The van der Waals surface area contributed by atoms with E-state index in [4.69, 9.17) is 4.74 Å². The largest absolute Gasteiger partial charge is 0.373 e. The number of hydrogen-bond acceptors (Lipinski definition) is 4. The van der Waals surface area contributed by atoms with Gasteiger partial charge in [-0.3, -0.25) is 14.8 Å². The molecule has 156 valence electrons. The van der Waals surface area contributed by atoms with Gasteiger partial charge < -0.3 is 9.64 Å². The Morgan fingerprint density at radius 2 is 1.83 bits per heavy atom. The fourth-order valence-electron chi connectivity index (χ4n) is 4.49. The van der Waals surface area contributed by atoms with Gasteiger partial charge in [0, 0.05) is 42.8 Å². The second kappa shape index (κ2) is 8.98. The molecule has 1 aromatic heterocycles. The first-order valence-electron chi connectivity index (χ1n) is 10.5. The van der Waals surface area contributed by atoms with Crippen LogP contribution in [0.1, 0.15) is 37.2 Å². The van der Waals surface area contributed by atoms with Crippen LogP contribution < -0.4 is 0 Å². The average Bonchev–Trinajstić information content (AvgIpc) is 3.18. The van der Waals surface area contributed by atoms with Gasteiger partial charge in [-0.25, -0.2) is 0 Å². The number of hydrogen-bond donors (Lipinski definition) is 1. The number of rotatable bonds is 4. The molecule has 0 spiro atoms. The maximum Gasteiger partial charge on any atom is 0.271 e. The Hall–Kier alpha value is -1.70. The predicted octanol–water partition coefficient (Wildman–Crippen LogP) is 3.80. The maximum absolute atomic E-state index is 12.9. The molecular formula is C22H29BrN4O2. The van der Waals surface area contributed by atoms with E-state index < -0.39 is 0 Å². The third-order valence-corrected chi connectivity index (χ3v) is 6.39. The molecule has 4 rings (SSSR count). The van der Waals surface area contributed by atoms with Crippen LogP contribution in [0.2, 0.25) is 0 Å². The van der Waals surface area contributed by atoms with E-state index in [1.165, 1.54) is 0 Å². The molecule has 0 radical (unpaired) electrons. The molecule has 2 aliphatic rings. The number of piperidine rings is 1. The van der Waals surface area contributed by atoms with Gasteiger partial charge in [0.2, 0.25) is 0 Å². The van der Waals surface area contributed by atoms with E-state index in [0.29, 0.717) is 23.8 Å². The van der Waals surface area contributed by atoms with Crippen LogP contribution in [-0.2, 0) is 4.74 Å². The minimum atomic E-state index is 0.0490. The highest BCUT2D eigenvalue weighted by molar-refractivity contribution is 9.10. The van der Waals surface area contributed by atoms with Crippen LogP contribution in [-0.4, -0.2) is 70.8 Å². The molecule has 0 saturated carbocycles. The number of benzene rings is 1. The molecule has 0 bridgehead atoms. The number of amides is 1. The van der Waals surface area contributed by atoms with Crippen molar-refractivity contribution in [2.75, 3.05) is 32.7 Å². The van der Waals surface area contributed by atoms with Gasteiger partial charge in [-0.2, -0.15) is 5.10 Å². The van der Waals surface area contributed by atoms with E-state index in [2.05, 4.69) is 44.9 Å². The van der Waals surface area contributed by atoms with Crippen LogP contribution in [0.25, 0.3) is 11.3 Å². The highest BCUT2D eigenvalue weighted by Crippen LogP contribution is 2.24. The maximum atomic E-state index is 12.9. The summed E-state index contributed by atoms with van der Waals surface area (Å²) >= 11 is 3.44. The van der Waals surface area contributed by atoms with Gasteiger partial charge >= 0.3 is 0 Å². The molecule has 7 heteroatoms. The molecule has 1 N–H and O–H groups in total. The molecule has 2 unspecified atom stereocenters. The smallest absolute Gasteiger partial charge is 0.271 e. The van der Waals surface area contributed by atoms with Crippen LogP contribution in [0.15, 0.2) is 34.8 Å². The van der Waals surface area contributed by atoms with Gasteiger partial charge in [-0.1, -0.05) is 28.1 Å². The van der Waals surface area contributed by atoms with Crippen molar-refractivity contribution in [3.63, 3.8) is 0 Å². The number of likely N-dealkylation sites (tertiary alicyclic amines) is 1. The lowest BCUT2D eigenvalue weighted by Crippen LogP contribution is -2.48. The SMILES string of the molecule is CC1CN(CC2CCN(C(=O)c3cc(-c4ccc(Br)cc4)n[nH]3)CC2)CC(C)O1. The molecule has 2 saturated heterocycles. The molecule has 29 heavy (non-hydrogen) atoms. The summed E-state index contributed by atoms with van der Waals surface area (Å²) in [5, 5.41) is 7.26. The number of carbonyl (C=O) groups is 1. The highest BCUT2D eigenvalue weighted by Gasteiger charge is 2.28. The molecule has 1 aromatic carbocycles. The molecule has 2 atom stereocenters. The fourth-order valence-corrected chi connectivity index (χ4v) is 4.75. The van der Waals surface area contributed by atoms with E-state index in [-0.39, 0.29) is 5.91 Å². The minimum Gasteiger partial charge on any atom is -0.373 e. The van der Waals surface area contributed by atoms with Gasteiger partial charge in [0.15, 0.2) is 0 Å². The lowest BCUT2D eigenvalue weighted by Gasteiger charge is -2.39. The highest BCUT2D eigenvalue weighted by atomic mass is 79.9. The van der Waals surface area contributed by atoms with Crippen molar-refractivity contribution in [1.82, 2.24) is 20.0 Å².